The first-order valence-corrected chi connectivity index (χ1v) is 6.42. The van der Waals surface area contributed by atoms with Gasteiger partial charge in [-0.15, -0.1) is 0 Å². The van der Waals surface area contributed by atoms with Crippen molar-refractivity contribution >= 4 is 18.0 Å². The zero-order chi connectivity index (χ0) is 15.9. The average molecular weight is 288 g/mol. The highest BCUT2D eigenvalue weighted by atomic mass is 16.5. The van der Waals surface area contributed by atoms with Crippen molar-refractivity contribution in [3.63, 3.8) is 0 Å². The van der Waals surface area contributed by atoms with Gasteiger partial charge in [0.05, 0.1) is 13.0 Å². The summed E-state index contributed by atoms with van der Waals surface area (Å²) in [4.78, 5) is 35.2. The predicted molar refractivity (Wildman–Crippen MR) is 73.3 cm³/mol. The molecule has 0 saturated heterocycles. The smallest absolute Gasteiger partial charge is 0.317 e. The second-order valence-corrected chi connectivity index (χ2v) is 5.51. The van der Waals surface area contributed by atoms with Crippen LogP contribution in [0.5, 0.6) is 0 Å². The summed E-state index contributed by atoms with van der Waals surface area (Å²) in [6, 6.07) is -0.351. The van der Waals surface area contributed by atoms with Crippen LogP contribution in [0.3, 0.4) is 0 Å². The number of carbonyl (C=O) groups is 3. The summed E-state index contributed by atoms with van der Waals surface area (Å²) >= 11 is 0. The largest absolute Gasteiger partial charge is 0.481 e. The minimum atomic E-state index is -0.903. The number of nitrogens with zero attached hydrogens (tertiary/aromatic N) is 1. The summed E-state index contributed by atoms with van der Waals surface area (Å²) in [7, 11) is 2.87. The third-order valence-electron chi connectivity index (χ3n) is 2.91. The topological polar surface area (TPSA) is 95.9 Å². The van der Waals surface area contributed by atoms with Crippen molar-refractivity contribution in [1.29, 1.82) is 0 Å². The Balaban J connectivity index is 4.37. The summed E-state index contributed by atoms with van der Waals surface area (Å²) in [5.41, 5.74) is -0.627. The van der Waals surface area contributed by atoms with Gasteiger partial charge in [-0.05, 0) is 20.3 Å². The molecule has 7 nitrogen and oxygen atoms in total. The second-order valence-electron chi connectivity index (χ2n) is 5.51. The molecule has 0 aromatic carbocycles. The van der Waals surface area contributed by atoms with Crippen LogP contribution in [0.1, 0.15) is 33.6 Å². The molecular weight excluding hydrogens is 264 g/mol. The Hall–Kier alpha value is -1.79. The monoisotopic (exact) mass is 288 g/mol. The molecular formula is C13H24N2O5. The van der Waals surface area contributed by atoms with Gasteiger partial charge in [-0.2, -0.15) is 0 Å². The van der Waals surface area contributed by atoms with Gasteiger partial charge in [0, 0.05) is 25.6 Å². The van der Waals surface area contributed by atoms with E-state index in [0.717, 1.165) is 0 Å². The molecule has 0 bridgehead atoms. The lowest BCUT2D eigenvalue weighted by atomic mass is 9.99. The summed E-state index contributed by atoms with van der Waals surface area (Å²) in [6.07, 6.45) is 0.310. The Morgan fingerprint density at radius 3 is 2.35 bits per heavy atom. The number of urea groups is 1. The fourth-order valence-electron chi connectivity index (χ4n) is 1.64. The van der Waals surface area contributed by atoms with E-state index in [4.69, 9.17) is 5.11 Å². The van der Waals surface area contributed by atoms with Crippen LogP contribution in [0.2, 0.25) is 0 Å². The lowest BCUT2D eigenvalue weighted by molar-refractivity contribution is -0.145. The first-order chi connectivity index (χ1) is 9.09. The van der Waals surface area contributed by atoms with Crippen LogP contribution in [-0.4, -0.2) is 54.2 Å². The molecule has 0 aromatic heterocycles. The lowest BCUT2D eigenvalue weighted by Gasteiger charge is -2.29. The normalized spacial score (nSPS) is 12.4. The molecule has 0 aliphatic carbocycles. The Bertz CT molecular complexity index is 368. The fraction of sp³-hybridized carbons (Fsp3) is 0.769. The van der Waals surface area contributed by atoms with Gasteiger partial charge in [0.2, 0.25) is 0 Å². The molecule has 0 heterocycles. The lowest BCUT2D eigenvalue weighted by Crippen LogP contribution is -2.50. The Labute approximate surface area is 119 Å². The van der Waals surface area contributed by atoms with Gasteiger partial charge < -0.3 is 20.1 Å². The van der Waals surface area contributed by atoms with Gasteiger partial charge >= 0.3 is 18.0 Å². The van der Waals surface area contributed by atoms with Gasteiger partial charge in [-0.3, -0.25) is 9.59 Å². The van der Waals surface area contributed by atoms with Crippen molar-refractivity contribution in [2.45, 2.75) is 39.2 Å². The molecule has 0 saturated carbocycles. The van der Waals surface area contributed by atoms with E-state index in [2.05, 4.69) is 10.1 Å². The Morgan fingerprint density at radius 1 is 1.35 bits per heavy atom. The highest BCUT2D eigenvalue weighted by Crippen LogP contribution is 2.12. The number of aliphatic carboxylic acids is 1. The Kier molecular flexibility index (Phi) is 7.02. The number of carboxylic acid groups (broad SMARTS) is 1. The zero-order valence-corrected chi connectivity index (χ0v) is 12.7. The molecule has 0 aromatic rings. The van der Waals surface area contributed by atoms with Crippen molar-refractivity contribution in [3.05, 3.63) is 0 Å². The van der Waals surface area contributed by atoms with Crippen LogP contribution in [0.25, 0.3) is 0 Å². The van der Waals surface area contributed by atoms with Crippen LogP contribution < -0.4 is 5.32 Å². The SMILES string of the molecule is COC(=O)C(C)CN(C)C(=O)NC(C)(C)CCC(=O)O. The summed E-state index contributed by atoms with van der Waals surface area (Å²) in [6.45, 7) is 5.41. The fourth-order valence-corrected chi connectivity index (χ4v) is 1.64. The molecule has 0 radical (unpaired) electrons. The molecule has 0 rings (SSSR count). The summed E-state index contributed by atoms with van der Waals surface area (Å²) in [5, 5.41) is 11.4. The van der Waals surface area contributed by atoms with Crippen LogP contribution in [0.15, 0.2) is 0 Å². The van der Waals surface area contributed by atoms with Crippen LogP contribution in [0, 0.1) is 5.92 Å². The van der Waals surface area contributed by atoms with E-state index in [1.165, 1.54) is 12.0 Å². The molecule has 2 amide bonds. The maximum atomic E-state index is 12.0. The van der Waals surface area contributed by atoms with E-state index in [0.29, 0.717) is 6.42 Å². The summed E-state index contributed by atoms with van der Waals surface area (Å²) in [5.74, 6) is -1.70. The van der Waals surface area contributed by atoms with Crippen molar-refractivity contribution in [2.75, 3.05) is 20.7 Å². The van der Waals surface area contributed by atoms with Crippen molar-refractivity contribution in [2.24, 2.45) is 5.92 Å². The third-order valence-corrected chi connectivity index (χ3v) is 2.91. The number of nitrogens with one attached hydrogen (secondary N) is 1. The van der Waals surface area contributed by atoms with Gasteiger partial charge in [0.1, 0.15) is 0 Å². The van der Waals surface area contributed by atoms with E-state index < -0.39 is 17.4 Å². The highest BCUT2D eigenvalue weighted by molar-refractivity contribution is 5.77. The standard InChI is InChI=1S/C13H24N2O5/c1-9(11(18)20-5)8-15(4)12(19)14-13(2,3)7-6-10(16)17/h9H,6-8H2,1-5H3,(H,14,19)(H,16,17). The Morgan fingerprint density at radius 2 is 1.90 bits per heavy atom. The maximum absolute atomic E-state index is 12.0. The highest BCUT2D eigenvalue weighted by Gasteiger charge is 2.25. The maximum Gasteiger partial charge on any atom is 0.317 e. The number of rotatable bonds is 7. The number of carboxylic acids is 1. The minimum Gasteiger partial charge on any atom is -0.481 e. The molecule has 1 atom stereocenters. The van der Waals surface area contributed by atoms with E-state index in [9.17, 15) is 14.4 Å². The molecule has 2 N–H and O–H groups in total. The van der Waals surface area contributed by atoms with Gasteiger partial charge in [-0.25, -0.2) is 4.79 Å². The zero-order valence-electron chi connectivity index (χ0n) is 12.7. The summed E-state index contributed by atoms with van der Waals surface area (Å²) < 4.78 is 4.60. The van der Waals surface area contributed by atoms with Crippen LogP contribution >= 0.6 is 0 Å². The number of carbonyl (C=O) groups excluding carboxylic acids is 2. The number of hydrogen-bond donors (Lipinski definition) is 2. The molecule has 0 aliphatic heterocycles. The van der Waals surface area contributed by atoms with Crippen LogP contribution in [0.4, 0.5) is 4.79 Å². The van der Waals surface area contributed by atoms with Crippen molar-refractivity contribution < 1.29 is 24.2 Å². The van der Waals surface area contributed by atoms with E-state index in [1.807, 2.05) is 0 Å². The van der Waals surface area contributed by atoms with Gasteiger partial charge in [-0.1, -0.05) is 6.92 Å². The van der Waals surface area contributed by atoms with Crippen molar-refractivity contribution in [3.8, 4) is 0 Å². The number of amides is 2. The number of ether oxygens (including phenoxy) is 1. The molecule has 0 aliphatic rings. The third kappa shape index (κ3) is 6.96. The first-order valence-electron chi connectivity index (χ1n) is 6.42. The van der Waals surface area contributed by atoms with E-state index in [-0.39, 0.29) is 25.0 Å². The molecule has 20 heavy (non-hydrogen) atoms. The second kappa shape index (κ2) is 7.72. The van der Waals surface area contributed by atoms with Crippen molar-refractivity contribution in [1.82, 2.24) is 10.2 Å². The molecule has 0 fully saturated rings. The van der Waals surface area contributed by atoms with Gasteiger partial charge in [0.25, 0.3) is 0 Å². The van der Waals surface area contributed by atoms with Crippen LogP contribution in [-0.2, 0) is 14.3 Å². The minimum absolute atomic E-state index is 0.0183. The number of methoxy groups -OCH3 is 1. The molecule has 0 spiro atoms. The number of hydrogen-bond acceptors (Lipinski definition) is 4. The first kappa shape index (κ1) is 18.2. The molecule has 116 valence electrons. The average Bonchev–Trinajstić information content (AvgIpc) is 2.34. The predicted octanol–water partition coefficient (Wildman–Crippen LogP) is 1.08. The quantitative estimate of drug-likeness (QED) is 0.683. The van der Waals surface area contributed by atoms with Gasteiger partial charge in [0.15, 0.2) is 0 Å². The van der Waals surface area contributed by atoms with E-state index in [1.54, 1.807) is 27.8 Å². The molecule has 7 heteroatoms. The van der Waals surface area contributed by atoms with E-state index >= 15 is 0 Å². The number of esters is 1. The molecule has 1 unspecified atom stereocenters.